The van der Waals surface area contributed by atoms with E-state index in [9.17, 15) is 9.90 Å². The molecule has 94 valence electrons. The Kier molecular flexibility index (Phi) is 3.19. The molecular formula is C12H19N3O2. The van der Waals surface area contributed by atoms with Crippen LogP contribution in [0.15, 0.2) is 17.2 Å². The van der Waals surface area contributed by atoms with Crippen LogP contribution in [-0.2, 0) is 6.54 Å². The van der Waals surface area contributed by atoms with Gasteiger partial charge in [-0.05, 0) is 13.3 Å². The first-order chi connectivity index (χ1) is 8.09. The molecule has 1 aromatic rings. The highest BCUT2D eigenvalue weighted by atomic mass is 16.3. The molecule has 17 heavy (non-hydrogen) atoms. The Balaban J connectivity index is 2.14. The molecular weight excluding hydrogens is 218 g/mol. The second-order valence-corrected chi connectivity index (χ2v) is 4.67. The summed E-state index contributed by atoms with van der Waals surface area (Å²) in [6.07, 6.45) is 5.05. The molecule has 0 atom stereocenters. The molecule has 0 amide bonds. The lowest BCUT2D eigenvalue weighted by molar-refractivity contribution is 0.00274. The number of aliphatic hydroxyl groups is 1. The highest BCUT2D eigenvalue weighted by Gasteiger charge is 2.41. The van der Waals surface area contributed by atoms with Crippen LogP contribution < -0.4 is 10.5 Å². The van der Waals surface area contributed by atoms with Crippen LogP contribution in [0.3, 0.4) is 0 Å². The van der Waals surface area contributed by atoms with Crippen molar-refractivity contribution in [1.82, 2.24) is 9.55 Å². The van der Waals surface area contributed by atoms with Gasteiger partial charge in [0.05, 0.1) is 18.7 Å². The van der Waals surface area contributed by atoms with Crippen LogP contribution in [0.4, 0.5) is 5.82 Å². The van der Waals surface area contributed by atoms with Crippen molar-refractivity contribution < 1.29 is 5.11 Å². The van der Waals surface area contributed by atoms with Gasteiger partial charge in [0.2, 0.25) is 0 Å². The van der Waals surface area contributed by atoms with Gasteiger partial charge >= 0.3 is 0 Å². The summed E-state index contributed by atoms with van der Waals surface area (Å²) in [7, 11) is 0. The van der Waals surface area contributed by atoms with Gasteiger partial charge in [-0.15, -0.1) is 0 Å². The maximum atomic E-state index is 12.0. The normalized spacial score (nSPS) is 17.9. The second kappa shape index (κ2) is 4.49. The summed E-state index contributed by atoms with van der Waals surface area (Å²) in [5, 5.41) is 10.1. The summed E-state index contributed by atoms with van der Waals surface area (Å²) < 4.78 is 1.62. The minimum absolute atomic E-state index is 0.0754. The molecule has 0 spiro atoms. The van der Waals surface area contributed by atoms with Gasteiger partial charge < -0.3 is 14.6 Å². The van der Waals surface area contributed by atoms with Gasteiger partial charge in [-0.2, -0.15) is 0 Å². The van der Waals surface area contributed by atoms with Crippen LogP contribution in [0.25, 0.3) is 0 Å². The molecule has 5 nitrogen and oxygen atoms in total. The lowest BCUT2D eigenvalue weighted by Crippen LogP contribution is -2.63. The number of hydrogen-bond donors (Lipinski definition) is 1. The van der Waals surface area contributed by atoms with Crippen molar-refractivity contribution in [3.63, 3.8) is 0 Å². The predicted octanol–water partition coefficient (Wildman–Crippen LogP) is 0.614. The third kappa shape index (κ3) is 2.20. The van der Waals surface area contributed by atoms with E-state index >= 15 is 0 Å². The van der Waals surface area contributed by atoms with E-state index in [1.807, 2.05) is 18.7 Å². The van der Waals surface area contributed by atoms with Crippen LogP contribution >= 0.6 is 0 Å². The van der Waals surface area contributed by atoms with Gasteiger partial charge in [0, 0.05) is 18.9 Å². The fourth-order valence-corrected chi connectivity index (χ4v) is 2.34. The Labute approximate surface area is 101 Å². The Bertz CT molecular complexity index is 449. The number of hydrogen-bond acceptors (Lipinski definition) is 4. The van der Waals surface area contributed by atoms with Gasteiger partial charge in [0.25, 0.3) is 5.56 Å². The number of aromatic nitrogens is 2. The molecule has 1 saturated heterocycles. The van der Waals surface area contributed by atoms with Crippen molar-refractivity contribution >= 4 is 5.82 Å². The van der Waals surface area contributed by atoms with Crippen LogP contribution in [0.2, 0.25) is 0 Å². The molecule has 0 unspecified atom stereocenters. The van der Waals surface area contributed by atoms with E-state index in [1.165, 1.54) is 0 Å². The Morgan fingerprint density at radius 2 is 2.18 bits per heavy atom. The zero-order valence-electron chi connectivity index (χ0n) is 10.4. The van der Waals surface area contributed by atoms with Gasteiger partial charge in [-0.3, -0.25) is 4.79 Å². The van der Waals surface area contributed by atoms with Crippen LogP contribution in [0, 0.1) is 0 Å². The van der Waals surface area contributed by atoms with Crippen molar-refractivity contribution in [2.45, 2.75) is 38.8 Å². The maximum absolute atomic E-state index is 12.0. The van der Waals surface area contributed by atoms with Gasteiger partial charge in [-0.25, -0.2) is 4.98 Å². The van der Waals surface area contributed by atoms with Crippen LogP contribution in [0.5, 0.6) is 0 Å². The molecule has 5 heteroatoms. The van der Waals surface area contributed by atoms with Crippen molar-refractivity contribution in [2.75, 3.05) is 18.0 Å². The lowest BCUT2D eigenvalue weighted by atomic mass is 9.89. The SMILES string of the molecule is CCCC1(O)CN(c2nccn(CC)c2=O)C1. The third-order valence-corrected chi connectivity index (χ3v) is 3.22. The highest BCUT2D eigenvalue weighted by molar-refractivity contribution is 5.41. The fraction of sp³-hybridized carbons (Fsp3) is 0.667. The Morgan fingerprint density at radius 3 is 2.76 bits per heavy atom. The first-order valence-electron chi connectivity index (χ1n) is 6.12. The first kappa shape index (κ1) is 12.1. The first-order valence-corrected chi connectivity index (χ1v) is 6.12. The monoisotopic (exact) mass is 237 g/mol. The second-order valence-electron chi connectivity index (χ2n) is 4.67. The summed E-state index contributed by atoms with van der Waals surface area (Å²) in [6.45, 7) is 5.63. The summed E-state index contributed by atoms with van der Waals surface area (Å²) in [5.74, 6) is 0.454. The van der Waals surface area contributed by atoms with E-state index in [-0.39, 0.29) is 5.56 Å². The molecule has 0 aliphatic carbocycles. The molecule has 0 bridgehead atoms. The van der Waals surface area contributed by atoms with Gasteiger partial charge in [0.1, 0.15) is 0 Å². The topological polar surface area (TPSA) is 58.4 Å². The largest absolute Gasteiger partial charge is 0.386 e. The van der Waals surface area contributed by atoms with Crippen LogP contribution in [0.1, 0.15) is 26.7 Å². The van der Waals surface area contributed by atoms with Crippen molar-refractivity contribution in [3.8, 4) is 0 Å². The Morgan fingerprint density at radius 1 is 1.47 bits per heavy atom. The summed E-state index contributed by atoms with van der Waals surface area (Å²) in [4.78, 5) is 17.9. The predicted molar refractivity (Wildman–Crippen MR) is 66.2 cm³/mol. The molecule has 2 heterocycles. The van der Waals surface area contributed by atoms with E-state index < -0.39 is 5.60 Å². The van der Waals surface area contributed by atoms with E-state index in [0.717, 1.165) is 12.8 Å². The molecule has 1 aromatic heterocycles. The number of aryl methyl sites for hydroxylation is 1. The zero-order chi connectivity index (χ0) is 12.5. The van der Waals surface area contributed by atoms with Crippen molar-refractivity contribution in [2.24, 2.45) is 0 Å². The third-order valence-electron chi connectivity index (χ3n) is 3.22. The molecule has 0 aromatic carbocycles. The number of rotatable bonds is 4. The maximum Gasteiger partial charge on any atom is 0.293 e. The average molecular weight is 237 g/mol. The molecule has 1 aliphatic rings. The molecule has 0 saturated carbocycles. The van der Waals surface area contributed by atoms with Crippen molar-refractivity contribution in [1.29, 1.82) is 0 Å². The standard InChI is InChI=1S/C12H19N3O2/c1-3-5-12(17)8-15(9-12)10-11(16)14(4-2)7-6-13-10/h6-7,17H,3-5,8-9H2,1-2H3. The number of β-amino-alcohol motifs (C(OH)–C–C–N with tert-alkyl or cyclic N) is 1. The highest BCUT2D eigenvalue weighted by Crippen LogP contribution is 2.27. The molecule has 2 rings (SSSR count). The smallest absolute Gasteiger partial charge is 0.293 e. The van der Waals surface area contributed by atoms with E-state index in [4.69, 9.17) is 0 Å². The lowest BCUT2D eigenvalue weighted by Gasteiger charge is -2.46. The fourth-order valence-electron chi connectivity index (χ4n) is 2.34. The van der Waals surface area contributed by atoms with E-state index in [0.29, 0.717) is 25.5 Å². The summed E-state index contributed by atoms with van der Waals surface area (Å²) >= 11 is 0. The number of nitrogens with zero attached hydrogens (tertiary/aromatic N) is 3. The minimum atomic E-state index is -0.629. The summed E-state index contributed by atoms with van der Waals surface area (Å²) in [5.41, 5.74) is -0.705. The van der Waals surface area contributed by atoms with E-state index in [2.05, 4.69) is 4.98 Å². The average Bonchev–Trinajstić information content (AvgIpc) is 2.27. The van der Waals surface area contributed by atoms with Crippen LogP contribution in [-0.4, -0.2) is 33.3 Å². The van der Waals surface area contributed by atoms with Crippen molar-refractivity contribution in [3.05, 3.63) is 22.7 Å². The minimum Gasteiger partial charge on any atom is -0.386 e. The number of anilines is 1. The van der Waals surface area contributed by atoms with E-state index in [1.54, 1.807) is 17.0 Å². The zero-order valence-corrected chi connectivity index (χ0v) is 10.4. The molecule has 1 fully saturated rings. The molecule has 1 N–H and O–H groups in total. The van der Waals surface area contributed by atoms with Gasteiger partial charge in [-0.1, -0.05) is 13.3 Å². The molecule has 1 aliphatic heterocycles. The summed E-state index contributed by atoms with van der Waals surface area (Å²) in [6, 6.07) is 0. The Hall–Kier alpha value is -1.36. The molecule has 0 radical (unpaired) electrons. The van der Waals surface area contributed by atoms with Gasteiger partial charge in [0.15, 0.2) is 5.82 Å². The quantitative estimate of drug-likeness (QED) is 0.833.